The van der Waals surface area contributed by atoms with Crippen LogP contribution in [0.4, 0.5) is 0 Å². The van der Waals surface area contributed by atoms with Crippen LogP contribution in [0, 0.1) is 5.41 Å². The number of nitrogens with two attached hydrogens (primary N) is 1. The van der Waals surface area contributed by atoms with Gasteiger partial charge in [0.1, 0.15) is 5.84 Å². The average Bonchev–Trinajstić information content (AvgIpc) is 3.23. The third kappa shape index (κ3) is 2.41. The Morgan fingerprint density at radius 1 is 1.33 bits per heavy atom. The average molecular weight is 284 g/mol. The molecule has 0 unspecified atom stereocenters. The Balaban J connectivity index is 2.13. The smallest absolute Gasteiger partial charge is 0.186 e. The van der Waals surface area contributed by atoms with E-state index >= 15 is 0 Å². The van der Waals surface area contributed by atoms with Gasteiger partial charge in [-0.15, -0.1) is 5.10 Å². The van der Waals surface area contributed by atoms with Crippen molar-refractivity contribution in [2.45, 2.75) is 45.4 Å². The van der Waals surface area contributed by atoms with E-state index in [-0.39, 0.29) is 5.84 Å². The van der Waals surface area contributed by atoms with E-state index in [1.165, 1.54) is 12.8 Å². The molecule has 1 fully saturated rings. The topological polar surface area (TPSA) is 93.5 Å². The largest absolute Gasteiger partial charge is 0.384 e. The number of nitrogens with zero attached hydrogens (tertiary/aromatic N) is 4. The standard InChI is InChI=1S/C15H20N6/c1-3-10-11(4-2)18-19-15(13(10)14(16)17)21-8-7-12(20-21)9-5-6-9/h7-9H,3-6H2,1-2H3,(H3,16,17). The lowest BCUT2D eigenvalue weighted by atomic mass is 10.0. The summed E-state index contributed by atoms with van der Waals surface area (Å²) in [5, 5.41) is 21.1. The molecule has 0 bridgehead atoms. The zero-order valence-electron chi connectivity index (χ0n) is 12.4. The normalized spacial score (nSPS) is 14.4. The van der Waals surface area contributed by atoms with Crippen LogP contribution in [0.3, 0.4) is 0 Å². The Bertz CT molecular complexity index is 683. The maximum absolute atomic E-state index is 7.91. The first-order valence-electron chi connectivity index (χ1n) is 7.44. The van der Waals surface area contributed by atoms with E-state index in [0.29, 0.717) is 17.3 Å². The number of rotatable bonds is 5. The fourth-order valence-electron chi connectivity index (χ4n) is 2.66. The molecule has 1 saturated carbocycles. The van der Waals surface area contributed by atoms with Crippen LogP contribution in [0.25, 0.3) is 5.82 Å². The predicted molar refractivity (Wildman–Crippen MR) is 80.9 cm³/mol. The van der Waals surface area contributed by atoms with Crippen molar-refractivity contribution in [2.24, 2.45) is 5.73 Å². The van der Waals surface area contributed by atoms with Gasteiger partial charge in [-0.25, -0.2) is 4.68 Å². The molecule has 6 nitrogen and oxygen atoms in total. The van der Waals surface area contributed by atoms with E-state index in [9.17, 15) is 0 Å². The van der Waals surface area contributed by atoms with Gasteiger partial charge in [0.2, 0.25) is 0 Å². The van der Waals surface area contributed by atoms with E-state index in [0.717, 1.165) is 29.8 Å². The molecule has 0 spiro atoms. The lowest BCUT2D eigenvalue weighted by Crippen LogP contribution is -2.21. The van der Waals surface area contributed by atoms with Crippen molar-refractivity contribution >= 4 is 5.84 Å². The molecule has 2 aromatic heterocycles. The van der Waals surface area contributed by atoms with E-state index in [2.05, 4.69) is 15.3 Å². The monoisotopic (exact) mass is 284 g/mol. The molecule has 1 aliphatic carbocycles. The van der Waals surface area contributed by atoms with Crippen molar-refractivity contribution < 1.29 is 0 Å². The number of aryl methyl sites for hydroxylation is 1. The highest BCUT2D eigenvalue weighted by molar-refractivity contribution is 5.99. The summed E-state index contributed by atoms with van der Waals surface area (Å²) in [6.45, 7) is 4.08. The Morgan fingerprint density at radius 3 is 2.67 bits per heavy atom. The van der Waals surface area contributed by atoms with Crippen LogP contribution in [-0.4, -0.2) is 25.8 Å². The van der Waals surface area contributed by atoms with Gasteiger partial charge in [-0.1, -0.05) is 13.8 Å². The van der Waals surface area contributed by atoms with Gasteiger partial charge in [0.05, 0.1) is 17.0 Å². The molecule has 0 amide bonds. The minimum atomic E-state index is 0.0231. The maximum Gasteiger partial charge on any atom is 0.186 e. The van der Waals surface area contributed by atoms with Crippen molar-refractivity contribution in [3.05, 3.63) is 34.8 Å². The van der Waals surface area contributed by atoms with Crippen LogP contribution < -0.4 is 5.73 Å². The molecular weight excluding hydrogens is 264 g/mol. The summed E-state index contributed by atoms with van der Waals surface area (Å²) in [7, 11) is 0. The summed E-state index contributed by atoms with van der Waals surface area (Å²) in [6.07, 6.45) is 5.85. The van der Waals surface area contributed by atoms with Crippen LogP contribution >= 0.6 is 0 Å². The number of nitrogens with one attached hydrogen (secondary N) is 1. The zero-order chi connectivity index (χ0) is 15.0. The van der Waals surface area contributed by atoms with Crippen LogP contribution in [-0.2, 0) is 12.8 Å². The summed E-state index contributed by atoms with van der Waals surface area (Å²) < 4.78 is 1.70. The third-order valence-electron chi connectivity index (χ3n) is 3.92. The number of nitrogen functional groups attached to an aromatic ring is 1. The summed E-state index contributed by atoms with van der Waals surface area (Å²) in [4.78, 5) is 0. The molecule has 110 valence electrons. The predicted octanol–water partition coefficient (Wildman–Crippen LogP) is 1.95. The van der Waals surface area contributed by atoms with Gasteiger partial charge in [0, 0.05) is 12.1 Å². The Labute approximate surface area is 123 Å². The van der Waals surface area contributed by atoms with E-state index in [4.69, 9.17) is 11.1 Å². The van der Waals surface area contributed by atoms with Crippen LogP contribution in [0.5, 0.6) is 0 Å². The van der Waals surface area contributed by atoms with Gasteiger partial charge >= 0.3 is 0 Å². The number of hydrogen-bond donors (Lipinski definition) is 2. The number of amidine groups is 1. The Kier molecular flexibility index (Phi) is 3.45. The van der Waals surface area contributed by atoms with Crippen molar-refractivity contribution in [1.82, 2.24) is 20.0 Å². The van der Waals surface area contributed by atoms with Crippen molar-refractivity contribution in [1.29, 1.82) is 5.41 Å². The second kappa shape index (κ2) is 5.27. The minimum Gasteiger partial charge on any atom is -0.384 e. The molecular formula is C15H20N6. The Morgan fingerprint density at radius 2 is 2.10 bits per heavy atom. The first-order chi connectivity index (χ1) is 10.2. The van der Waals surface area contributed by atoms with Gasteiger partial charge in [0.15, 0.2) is 5.82 Å². The van der Waals surface area contributed by atoms with E-state index < -0.39 is 0 Å². The lowest BCUT2D eigenvalue weighted by Gasteiger charge is -2.14. The fraction of sp³-hybridized carbons (Fsp3) is 0.467. The van der Waals surface area contributed by atoms with Gasteiger partial charge < -0.3 is 5.73 Å². The molecule has 2 heterocycles. The second-order valence-corrected chi connectivity index (χ2v) is 5.40. The van der Waals surface area contributed by atoms with Gasteiger partial charge in [-0.05, 0) is 37.3 Å². The van der Waals surface area contributed by atoms with Crippen LogP contribution in [0.1, 0.15) is 55.1 Å². The molecule has 0 aromatic carbocycles. The summed E-state index contributed by atoms with van der Waals surface area (Å²) in [5.41, 5.74) is 9.46. The zero-order valence-corrected chi connectivity index (χ0v) is 12.4. The molecule has 0 aliphatic heterocycles. The second-order valence-electron chi connectivity index (χ2n) is 5.40. The van der Waals surface area contributed by atoms with E-state index in [1.54, 1.807) is 4.68 Å². The van der Waals surface area contributed by atoms with Crippen LogP contribution in [0.15, 0.2) is 12.3 Å². The van der Waals surface area contributed by atoms with Gasteiger partial charge in [-0.2, -0.15) is 10.2 Å². The first-order valence-corrected chi connectivity index (χ1v) is 7.44. The van der Waals surface area contributed by atoms with Gasteiger partial charge in [0.25, 0.3) is 0 Å². The summed E-state index contributed by atoms with van der Waals surface area (Å²) in [6, 6.07) is 2.02. The summed E-state index contributed by atoms with van der Waals surface area (Å²) in [5.74, 6) is 1.17. The van der Waals surface area contributed by atoms with Crippen molar-refractivity contribution in [3.63, 3.8) is 0 Å². The molecule has 0 atom stereocenters. The SMILES string of the molecule is CCc1nnc(-n2ccc(C3CC3)n2)c(C(=N)N)c1CC. The van der Waals surface area contributed by atoms with Crippen molar-refractivity contribution in [2.75, 3.05) is 0 Å². The quantitative estimate of drug-likeness (QED) is 0.648. The maximum atomic E-state index is 7.91. The fourth-order valence-corrected chi connectivity index (χ4v) is 2.66. The highest BCUT2D eigenvalue weighted by Gasteiger charge is 2.27. The third-order valence-corrected chi connectivity index (χ3v) is 3.92. The molecule has 1 aliphatic rings. The van der Waals surface area contributed by atoms with Crippen LogP contribution in [0.2, 0.25) is 0 Å². The van der Waals surface area contributed by atoms with Crippen molar-refractivity contribution in [3.8, 4) is 5.82 Å². The first kappa shape index (κ1) is 13.7. The van der Waals surface area contributed by atoms with E-state index in [1.807, 2.05) is 26.1 Å². The molecule has 6 heteroatoms. The highest BCUT2D eigenvalue weighted by atomic mass is 15.3. The Hall–Kier alpha value is -2.24. The molecule has 0 radical (unpaired) electrons. The number of hydrogen-bond acceptors (Lipinski definition) is 4. The summed E-state index contributed by atoms with van der Waals surface area (Å²) >= 11 is 0. The molecule has 3 rings (SSSR count). The number of aromatic nitrogens is 4. The van der Waals surface area contributed by atoms with Gasteiger partial charge in [-0.3, -0.25) is 5.41 Å². The molecule has 3 N–H and O–H groups in total. The molecule has 0 saturated heterocycles. The minimum absolute atomic E-state index is 0.0231. The molecule has 21 heavy (non-hydrogen) atoms. The highest BCUT2D eigenvalue weighted by Crippen LogP contribution is 2.39. The molecule has 2 aromatic rings. The lowest BCUT2D eigenvalue weighted by molar-refractivity contribution is 0.763.